The topological polar surface area (TPSA) is 35.0 Å². The maximum absolute atomic E-state index is 5.13. The van der Waals surface area contributed by atoms with Gasteiger partial charge in [-0.15, -0.1) is 0 Å². The van der Waals surface area contributed by atoms with Gasteiger partial charge < -0.3 is 4.74 Å². The number of hydrogen-bond acceptors (Lipinski definition) is 3. The Morgan fingerprint density at radius 1 is 1.18 bits per heavy atom. The molecule has 0 atom stereocenters. The summed E-state index contributed by atoms with van der Waals surface area (Å²) < 4.78 is 5.95. The highest BCUT2D eigenvalue weighted by molar-refractivity contribution is 9.10. The molecule has 17 heavy (non-hydrogen) atoms. The number of halogens is 1. The predicted octanol–water partition coefficient (Wildman–Crippen LogP) is 3.48. The largest absolute Gasteiger partial charge is 0.497 e. The van der Waals surface area contributed by atoms with E-state index in [1.165, 1.54) is 0 Å². The molecular weight excluding hydrogens is 280 g/mol. The maximum atomic E-state index is 5.13. The van der Waals surface area contributed by atoms with Crippen molar-refractivity contribution in [1.82, 2.24) is 9.97 Å². The van der Waals surface area contributed by atoms with Gasteiger partial charge in [-0.25, -0.2) is 9.97 Å². The van der Waals surface area contributed by atoms with Gasteiger partial charge in [-0.3, -0.25) is 0 Å². The number of methoxy groups -OCH3 is 1. The Kier molecular flexibility index (Phi) is 3.74. The van der Waals surface area contributed by atoms with Crippen LogP contribution in [0.1, 0.15) is 12.7 Å². The van der Waals surface area contributed by atoms with Gasteiger partial charge >= 0.3 is 0 Å². The minimum absolute atomic E-state index is 0.815. The number of aromatic nitrogens is 2. The van der Waals surface area contributed by atoms with Crippen molar-refractivity contribution >= 4 is 15.9 Å². The van der Waals surface area contributed by atoms with E-state index in [0.29, 0.717) is 0 Å². The first kappa shape index (κ1) is 12.0. The van der Waals surface area contributed by atoms with Crippen molar-refractivity contribution in [3.05, 3.63) is 40.8 Å². The summed E-state index contributed by atoms with van der Waals surface area (Å²) in [5, 5.41) is 0. The van der Waals surface area contributed by atoms with Crippen molar-refractivity contribution in [1.29, 1.82) is 0 Å². The van der Waals surface area contributed by atoms with Crippen molar-refractivity contribution in [3.63, 3.8) is 0 Å². The minimum Gasteiger partial charge on any atom is -0.497 e. The molecule has 2 rings (SSSR count). The van der Waals surface area contributed by atoms with Crippen LogP contribution in [0.2, 0.25) is 0 Å². The van der Waals surface area contributed by atoms with Crippen LogP contribution in [-0.2, 0) is 6.42 Å². The Hall–Kier alpha value is -1.42. The van der Waals surface area contributed by atoms with Crippen LogP contribution < -0.4 is 4.74 Å². The number of hydrogen-bond donors (Lipinski definition) is 0. The zero-order valence-corrected chi connectivity index (χ0v) is 11.4. The molecule has 0 unspecified atom stereocenters. The summed E-state index contributed by atoms with van der Waals surface area (Å²) in [6, 6.07) is 9.76. The summed E-state index contributed by atoms with van der Waals surface area (Å²) in [5.41, 5.74) is 1.98. The summed E-state index contributed by atoms with van der Waals surface area (Å²) in [6.45, 7) is 2.04. The first-order chi connectivity index (χ1) is 8.22. The lowest BCUT2D eigenvalue weighted by atomic mass is 10.1. The van der Waals surface area contributed by atoms with Gasteiger partial charge in [-0.2, -0.15) is 0 Å². The zero-order chi connectivity index (χ0) is 12.3. The standard InChI is InChI=1S/C13H13BrN2O/c1-3-13-15-11(8-12(14)16-13)9-4-6-10(17-2)7-5-9/h4-8H,3H2,1-2H3. The molecule has 0 bridgehead atoms. The van der Waals surface area contributed by atoms with Crippen LogP contribution in [0.4, 0.5) is 0 Å². The molecular formula is C13H13BrN2O. The summed E-state index contributed by atoms with van der Waals surface area (Å²) in [5.74, 6) is 1.68. The number of ether oxygens (including phenoxy) is 1. The molecule has 0 fully saturated rings. The van der Waals surface area contributed by atoms with Crippen molar-refractivity contribution in [2.45, 2.75) is 13.3 Å². The van der Waals surface area contributed by atoms with Gasteiger partial charge in [0.05, 0.1) is 12.8 Å². The Labute approximate surface area is 109 Å². The first-order valence-electron chi connectivity index (χ1n) is 5.41. The van der Waals surface area contributed by atoms with Gasteiger partial charge in [0.15, 0.2) is 0 Å². The Morgan fingerprint density at radius 3 is 2.47 bits per heavy atom. The van der Waals surface area contributed by atoms with E-state index in [9.17, 15) is 0 Å². The van der Waals surface area contributed by atoms with Crippen molar-refractivity contribution in [2.75, 3.05) is 7.11 Å². The molecule has 0 aliphatic rings. The molecule has 1 heterocycles. The van der Waals surface area contributed by atoms with E-state index in [0.717, 1.165) is 33.9 Å². The van der Waals surface area contributed by atoms with E-state index in [2.05, 4.69) is 25.9 Å². The molecule has 0 N–H and O–H groups in total. The minimum atomic E-state index is 0.815. The number of aryl methyl sites for hydroxylation is 1. The van der Waals surface area contributed by atoms with Crippen LogP contribution in [0.15, 0.2) is 34.9 Å². The SMILES string of the molecule is CCc1nc(Br)cc(-c2ccc(OC)cc2)n1. The molecule has 1 aromatic carbocycles. The van der Waals surface area contributed by atoms with Gasteiger partial charge in [0.2, 0.25) is 0 Å². The van der Waals surface area contributed by atoms with Crippen LogP contribution in [0.5, 0.6) is 5.75 Å². The molecule has 0 saturated carbocycles. The van der Waals surface area contributed by atoms with E-state index in [4.69, 9.17) is 4.74 Å². The molecule has 88 valence electrons. The highest BCUT2D eigenvalue weighted by Crippen LogP contribution is 2.22. The molecule has 0 spiro atoms. The fourth-order valence-electron chi connectivity index (χ4n) is 1.53. The lowest BCUT2D eigenvalue weighted by Crippen LogP contribution is -1.95. The second-order valence-corrected chi connectivity index (χ2v) is 4.39. The van der Waals surface area contributed by atoms with Crippen LogP contribution in [0, 0.1) is 0 Å². The van der Waals surface area contributed by atoms with E-state index in [1.807, 2.05) is 37.3 Å². The second kappa shape index (κ2) is 5.27. The third kappa shape index (κ3) is 2.82. The van der Waals surface area contributed by atoms with Crippen molar-refractivity contribution in [2.24, 2.45) is 0 Å². The number of benzene rings is 1. The maximum Gasteiger partial charge on any atom is 0.130 e. The average molecular weight is 293 g/mol. The third-order valence-corrected chi connectivity index (χ3v) is 2.85. The van der Waals surface area contributed by atoms with Gasteiger partial charge in [0.1, 0.15) is 16.2 Å². The number of rotatable bonds is 3. The Balaban J connectivity index is 2.41. The first-order valence-corrected chi connectivity index (χ1v) is 6.20. The Bertz CT molecular complexity index is 511. The van der Waals surface area contributed by atoms with Crippen LogP contribution in [0.3, 0.4) is 0 Å². The Morgan fingerprint density at radius 2 is 1.88 bits per heavy atom. The summed E-state index contributed by atoms with van der Waals surface area (Å²) in [4.78, 5) is 8.79. The molecule has 2 aromatic rings. The van der Waals surface area contributed by atoms with Crippen molar-refractivity contribution in [3.8, 4) is 17.0 Å². The highest BCUT2D eigenvalue weighted by atomic mass is 79.9. The van der Waals surface area contributed by atoms with Gasteiger partial charge in [-0.1, -0.05) is 6.92 Å². The van der Waals surface area contributed by atoms with Gasteiger partial charge in [-0.05, 0) is 46.3 Å². The normalized spacial score (nSPS) is 10.3. The second-order valence-electron chi connectivity index (χ2n) is 3.57. The monoisotopic (exact) mass is 292 g/mol. The zero-order valence-electron chi connectivity index (χ0n) is 9.77. The van der Waals surface area contributed by atoms with Crippen LogP contribution in [0.25, 0.3) is 11.3 Å². The molecule has 0 aliphatic heterocycles. The third-order valence-electron chi connectivity index (χ3n) is 2.44. The van der Waals surface area contributed by atoms with E-state index in [1.54, 1.807) is 7.11 Å². The number of nitrogens with zero attached hydrogens (tertiary/aromatic N) is 2. The highest BCUT2D eigenvalue weighted by Gasteiger charge is 2.04. The van der Waals surface area contributed by atoms with E-state index < -0.39 is 0 Å². The van der Waals surface area contributed by atoms with Crippen molar-refractivity contribution < 1.29 is 4.74 Å². The molecule has 3 nitrogen and oxygen atoms in total. The predicted molar refractivity (Wildman–Crippen MR) is 71.1 cm³/mol. The van der Waals surface area contributed by atoms with Crippen LogP contribution >= 0.6 is 15.9 Å². The molecule has 0 amide bonds. The molecule has 0 saturated heterocycles. The molecule has 1 aromatic heterocycles. The van der Waals surface area contributed by atoms with Crippen LogP contribution in [-0.4, -0.2) is 17.1 Å². The summed E-state index contributed by atoms with van der Waals surface area (Å²) >= 11 is 3.40. The van der Waals surface area contributed by atoms with Gasteiger partial charge in [0, 0.05) is 12.0 Å². The molecule has 4 heteroatoms. The molecule has 0 radical (unpaired) electrons. The summed E-state index contributed by atoms with van der Waals surface area (Å²) in [6.07, 6.45) is 0.822. The lowest BCUT2D eigenvalue weighted by Gasteiger charge is -2.05. The van der Waals surface area contributed by atoms with E-state index >= 15 is 0 Å². The lowest BCUT2D eigenvalue weighted by molar-refractivity contribution is 0.415. The summed E-state index contributed by atoms with van der Waals surface area (Å²) in [7, 11) is 1.66. The fourth-order valence-corrected chi connectivity index (χ4v) is 1.95. The van der Waals surface area contributed by atoms with E-state index in [-0.39, 0.29) is 0 Å². The van der Waals surface area contributed by atoms with Gasteiger partial charge in [0.25, 0.3) is 0 Å². The average Bonchev–Trinajstić information content (AvgIpc) is 2.38. The smallest absolute Gasteiger partial charge is 0.130 e. The molecule has 0 aliphatic carbocycles. The fraction of sp³-hybridized carbons (Fsp3) is 0.231. The quantitative estimate of drug-likeness (QED) is 0.813.